The molecule has 2 aliphatic heterocycles. The number of carbonyl (C=O) groups is 3. The molecule has 2 fully saturated rings. The highest BCUT2D eigenvalue weighted by atomic mass is 16.5. The van der Waals surface area contributed by atoms with Gasteiger partial charge in [0.15, 0.2) is 0 Å². The van der Waals surface area contributed by atoms with Gasteiger partial charge in [-0.15, -0.1) is 0 Å². The van der Waals surface area contributed by atoms with Crippen LogP contribution in [0.15, 0.2) is 48.5 Å². The molecule has 35 heavy (non-hydrogen) atoms. The summed E-state index contributed by atoms with van der Waals surface area (Å²) in [6.07, 6.45) is 4.10. The number of ether oxygens (including phenoxy) is 2. The highest BCUT2D eigenvalue weighted by molar-refractivity contribution is 5.98. The van der Waals surface area contributed by atoms with Gasteiger partial charge in [-0.1, -0.05) is 12.1 Å². The van der Waals surface area contributed by atoms with Crippen molar-refractivity contribution in [1.29, 1.82) is 0 Å². The Balaban J connectivity index is 1.23. The van der Waals surface area contributed by atoms with Gasteiger partial charge in [0.1, 0.15) is 0 Å². The van der Waals surface area contributed by atoms with E-state index in [1.165, 1.54) is 0 Å². The van der Waals surface area contributed by atoms with Crippen molar-refractivity contribution in [3.8, 4) is 0 Å². The second-order valence-electron chi connectivity index (χ2n) is 8.75. The van der Waals surface area contributed by atoms with Crippen molar-refractivity contribution in [1.82, 2.24) is 10.6 Å². The minimum atomic E-state index is -0.268. The third-order valence-electron chi connectivity index (χ3n) is 6.01. The fourth-order valence-electron chi connectivity index (χ4n) is 4.12. The molecule has 0 saturated carbocycles. The summed E-state index contributed by atoms with van der Waals surface area (Å²) in [6.45, 7) is 2.46. The fraction of sp³-hybridized carbons (Fsp3) is 0.423. The summed E-state index contributed by atoms with van der Waals surface area (Å²) in [5.74, 6) is -0.650. The minimum absolute atomic E-state index is 0.0103. The molecule has 2 saturated heterocycles. The van der Waals surface area contributed by atoms with E-state index in [1.54, 1.807) is 48.5 Å². The van der Waals surface area contributed by atoms with Gasteiger partial charge >= 0.3 is 0 Å². The van der Waals surface area contributed by atoms with E-state index < -0.39 is 0 Å². The number of anilines is 2. The molecule has 2 aromatic carbocycles. The van der Waals surface area contributed by atoms with Crippen molar-refractivity contribution >= 4 is 29.1 Å². The van der Waals surface area contributed by atoms with Crippen LogP contribution in [0.3, 0.4) is 0 Å². The van der Waals surface area contributed by atoms with Gasteiger partial charge in [0.25, 0.3) is 11.8 Å². The number of carbonyl (C=O) groups excluding carboxylic acids is 3. The van der Waals surface area contributed by atoms with Crippen LogP contribution in [0.4, 0.5) is 11.4 Å². The van der Waals surface area contributed by atoms with Gasteiger partial charge < -0.3 is 30.7 Å². The molecule has 0 aliphatic carbocycles. The Kier molecular flexibility index (Phi) is 8.69. The second-order valence-corrected chi connectivity index (χ2v) is 8.75. The summed E-state index contributed by atoms with van der Waals surface area (Å²) >= 11 is 0. The van der Waals surface area contributed by atoms with E-state index in [0.29, 0.717) is 35.6 Å². The maximum Gasteiger partial charge on any atom is 0.251 e. The summed E-state index contributed by atoms with van der Waals surface area (Å²) in [7, 11) is 0. The molecule has 4 rings (SSSR count). The first-order chi connectivity index (χ1) is 17.1. The summed E-state index contributed by atoms with van der Waals surface area (Å²) in [5, 5.41) is 11.6. The zero-order valence-corrected chi connectivity index (χ0v) is 19.7. The highest BCUT2D eigenvalue weighted by Gasteiger charge is 2.18. The van der Waals surface area contributed by atoms with E-state index in [0.717, 1.165) is 38.9 Å². The van der Waals surface area contributed by atoms with Crippen LogP contribution in [0.25, 0.3) is 0 Å². The average Bonchev–Trinajstić information content (AvgIpc) is 3.59. The van der Waals surface area contributed by atoms with Crippen molar-refractivity contribution in [2.45, 2.75) is 37.9 Å². The molecule has 0 aromatic heterocycles. The average molecular weight is 481 g/mol. The number of nitrogens with one attached hydrogen (secondary N) is 4. The Hall–Kier alpha value is -3.43. The van der Waals surface area contributed by atoms with Gasteiger partial charge in [0.05, 0.1) is 18.8 Å². The lowest BCUT2D eigenvalue weighted by Gasteiger charge is -2.13. The molecule has 4 N–H and O–H groups in total. The molecule has 0 radical (unpaired) electrons. The normalized spacial score (nSPS) is 19.2. The van der Waals surface area contributed by atoms with Gasteiger partial charge in [0.2, 0.25) is 5.91 Å². The largest absolute Gasteiger partial charge is 0.376 e. The molecule has 2 unspecified atom stereocenters. The molecule has 3 amide bonds. The van der Waals surface area contributed by atoms with Gasteiger partial charge in [-0.2, -0.15) is 0 Å². The number of benzene rings is 2. The van der Waals surface area contributed by atoms with E-state index in [1.807, 2.05) is 0 Å². The van der Waals surface area contributed by atoms with E-state index in [4.69, 9.17) is 9.47 Å². The lowest BCUT2D eigenvalue weighted by molar-refractivity contribution is -0.114. The number of hydrogen-bond acceptors (Lipinski definition) is 6. The van der Waals surface area contributed by atoms with Crippen molar-refractivity contribution in [3.63, 3.8) is 0 Å². The lowest BCUT2D eigenvalue weighted by atomic mass is 10.1. The predicted octanol–water partition coefficient (Wildman–Crippen LogP) is 2.55. The maximum absolute atomic E-state index is 12.5. The van der Waals surface area contributed by atoms with E-state index in [2.05, 4.69) is 21.3 Å². The summed E-state index contributed by atoms with van der Waals surface area (Å²) in [4.78, 5) is 37.3. The Bertz CT molecular complexity index is 1030. The van der Waals surface area contributed by atoms with Crippen molar-refractivity contribution in [2.75, 3.05) is 43.5 Å². The van der Waals surface area contributed by atoms with Crippen LogP contribution < -0.4 is 21.3 Å². The van der Waals surface area contributed by atoms with E-state index in [-0.39, 0.29) is 36.5 Å². The standard InChI is InChI=1S/C26H32N4O5/c31-24(30-21-8-2-6-19(14-21)26(33)29-16-23-10-4-12-35-23)17-27-20-7-1-5-18(13-20)25(32)28-15-22-9-3-11-34-22/h1-2,5-8,13-14,22-23,27H,3-4,9-12,15-17H2,(H,28,32)(H,29,33)(H,30,31). The molecule has 9 nitrogen and oxygen atoms in total. The predicted molar refractivity (Wildman–Crippen MR) is 133 cm³/mol. The summed E-state index contributed by atoms with van der Waals surface area (Å²) in [6, 6.07) is 13.8. The lowest BCUT2D eigenvalue weighted by Crippen LogP contribution is -2.31. The second kappa shape index (κ2) is 12.3. The molecule has 0 spiro atoms. The fourth-order valence-corrected chi connectivity index (χ4v) is 4.12. The Labute approximate surface area is 204 Å². The Morgan fingerprint density at radius 2 is 1.31 bits per heavy atom. The SMILES string of the molecule is O=C(CNc1cccc(C(=O)NCC2CCCO2)c1)Nc1cccc(C(=O)NCC2CCCO2)c1. The summed E-state index contributed by atoms with van der Waals surface area (Å²) < 4.78 is 11.1. The topological polar surface area (TPSA) is 118 Å². The van der Waals surface area contributed by atoms with Gasteiger partial charge in [-0.3, -0.25) is 14.4 Å². The monoisotopic (exact) mass is 480 g/mol. The van der Waals surface area contributed by atoms with Crippen molar-refractivity contribution in [3.05, 3.63) is 59.7 Å². The van der Waals surface area contributed by atoms with Crippen LogP contribution in [0.5, 0.6) is 0 Å². The van der Waals surface area contributed by atoms with Gasteiger partial charge in [-0.05, 0) is 62.1 Å². The zero-order valence-electron chi connectivity index (χ0n) is 19.7. The minimum Gasteiger partial charge on any atom is -0.376 e. The molecular weight excluding hydrogens is 448 g/mol. The number of rotatable bonds is 10. The molecule has 2 heterocycles. The molecule has 2 atom stereocenters. The first-order valence-corrected chi connectivity index (χ1v) is 12.1. The molecular formula is C26H32N4O5. The van der Waals surface area contributed by atoms with Crippen LogP contribution in [0.1, 0.15) is 46.4 Å². The van der Waals surface area contributed by atoms with Crippen LogP contribution in [-0.4, -0.2) is 62.8 Å². The maximum atomic E-state index is 12.5. The number of amides is 3. The van der Waals surface area contributed by atoms with Crippen LogP contribution >= 0.6 is 0 Å². The summed E-state index contributed by atoms with van der Waals surface area (Å²) in [5.41, 5.74) is 2.17. The molecule has 2 aromatic rings. The number of hydrogen-bond donors (Lipinski definition) is 4. The van der Waals surface area contributed by atoms with Crippen LogP contribution in [0, 0.1) is 0 Å². The molecule has 186 valence electrons. The molecule has 2 aliphatic rings. The molecule has 0 bridgehead atoms. The Morgan fingerprint density at radius 3 is 1.86 bits per heavy atom. The van der Waals surface area contributed by atoms with Crippen molar-refractivity contribution < 1.29 is 23.9 Å². The van der Waals surface area contributed by atoms with Crippen LogP contribution in [-0.2, 0) is 14.3 Å². The van der Waals surface area contributed by atoms with Gasteiger partial charge in [-0.25, -0.2) is 0 Å². The van der Waals surface area contributed by atoms with Gasteiger partial charge in [0, 0.05) is 48.8 Å². The quantitative estimate of drug-likeness (QED) is 0.415. The molecule has 9 heteroatoms. The first-order valence-electron chi connectivity index (χ1n) is 12.1. The van der Waals surface area contributed by atoms with Crippen molar-refractivity contribution in [2.24, 2.45) is 0 Å². The first kappa shape index (κ1) is 24.7. The third-order valence-corrected chi connectivity index (χ3v) is 6.01. The Morgan fingerprint density at radius 1 is 0.771 bits per heavy atom. The smallest absolute Gasteiger partial charge is 0.251 e. The van der Waals surface area contributed by atoms with E-state index in [9.17, 15) is 14.4 Å². The zero-order chi connectivity index (χ0) is 24.5. The van der Waals surface area contributed by atoms with Crippen LogP contribution in [0.2, 0.25) is 0 Å². The third kappa shape index (κ3) is 7.53. The van der Waals surface area contributed by atoms with E-state index >= 15 is 0 Å². The highest BCUT2D eigenvalue weighted by Crippen LogP contribution is 2.15.